The molecule has 1 N–H and O–H groups in total. The highest BCUT2D eigenvalue weighted by Crippen LogP contribution is 2.25. The van der Waals surface area contributed by atoms with Gasteiger partial charge in [-0.3, -0.25) is 0 Å². The van der Waals surface area contributed by atoms with E-state index in [4.69, 9.17) is 9.47 Å². The highest BCUT2D eigenvalue weighted by Gasteiger charge is 2.51. The molecule has 0 radical (unpaired) electrons. The van der Waals surface area contributed by atoms with Crippen LogP contribution in [0.2, 0.25) is 0 Å². The fourth-order valence-electron chi connectivity index (χ4n) is 2.00. The average Bonchev–Trinajstić information content (AvgIpc) is 2.35. The van der Waals surface area contributed by atoms with Gasteiger partial charge in [0.2, 0.25) is 0 Å². The third-order valence-corrected chi connectivity index (χ3v) is 2.93. The molecule has 20 heavy (non-hydrogen) atoms. The first kappa shape index (κ1) is 14.4. The fourth-order valence-corrected chi connectivity index (χ4v) is 2.00. The summed E-state index contributed by atoms with van der Waals surface area (Å²) in [5.41, 5.74) is -0.657. The Kier molecular flexibility index (Phi) is 3.70. The molecule has 0 unspecified atom stereocenters. The molecule has 0 spiro atoms. The molecule has 0 bridgehead atoms. The molecule has 1 amide bonds. The minimum Gasteiger partial charge on any atom is -0.461 e. The van der Waals surface area contributed by atoms with E-state index < -0.39 is 23.2 Å². The summed E-state index contributed by atoms with van der Waals surface area (Å²) < 4.78 is 10.0. The Hall–Kier alpha value is -2.04. The molecular weight excluding hydrogens is 258 g/mol. The maximum atomic E-state index is 11.9. The number of hydrogen-bond donors (Lipinski definition) is 1. The quantitative estimate of drug-likeness (QED) is 0.859. The van der Waals surface area contributed by atoms with Crippen LogP contribution in [0.15, 0.2) is 30.3 Å². The summed E-state index contributed by atoms with van der Waals surface area (Å²) in [5.74, 6) is -0.424. The highest BCUT2D eigenvalue weighted by atomic mass is 16.6. The van der Waals surface area contributed by atoms with E-state index in [-0.39, 0.29) is 6.61 Å². The Balaban J connectivity index is 2.07. The van der Waals surface area contributed by atoms with Crippen LogP contribution in [0.5, 0.6) is 0 Å². The molecule has 0 aliphatic carbocycles. The van der Waals surface area contributed by atoms with Crippen molar-refractivity contribution in [2.24, 2.45) is 0 Å². The zero-order valence-corrected chi connectivity index (χ0v) is 11.9. The summed E-state index contributed by atoms with van der Waals surface area (Å²) in [6, 6.07) is 9.49. The van der Waals surface area contributed by atoms with Crippen molar-refractivity contribution in [3.8, 4) is 0 Å². The van der Waals surface area contributed by atoms with Crippen LogP contribution in [0, 0.1) is 0 Å². The van der Waals surface area contributed by atoms with Gasteiger partial charge in [0.15, 0.2) is 5.54 Å². The van der Waals surface area contributed by atoms with E-state index >= 15 is 0 Å². The molecule has 1 aromatic rings. The highest BCUT2D eigenvalue weighted by molar-refractivity contribution is 5.90. The first-order valence-corrected chi connectivity index (χ1v) is 6.53. The number of carbonyl (C=O) groups excluding carboxylic acids is 2. The van der Waals surface area contributed by atoms with Crippen LogP contribution in [0.25, 0.3) is 0 Å². The number of amides is 1. The SMILES string of the molecule is CC(C)(C)OC(=O)N[C@@]1(Cc2ccccc2)COC1=O. The van der Waals surface area contributed by atoms with Crippen LogP contribution in [0.3, 0.4) is 0 Å². The predicted octanol–water partition coefficient (Wildman–Crippen LogP) is 2.05. The van der Waals surface area contributed by atoms with Crippen molar-refractivity contribution in [1.82, 2.24) is 5.32 Å². The largest absolute Gasteiger partial charge is 0.461 e. The van der Waals surface area contributed by atoms with E-state index in [1.165, 1.54) is 0 Å². The summed E-state index contributed by atoms with van der Waals surface area (Å²) in [6.07, 6.45) is -0.212. The monoisotopic (exact) mass is 277 g/mol. The van der Waals surface area contributed by atoms with Crippen LogP contribution < -0.4 is 5.32 Å². The maximum absolute atomic E-state index is 11.9. The number of rotatable bonds is 3. The number of hydrogen-bond acceptors (Lipinski definition) is 4. The van der Waals surface area contributed by atoms with Gasteiger partial charge in [-0.1, -0.05) is 30.3 Å². The van der Waals surface area contributed by atoms with Gasteiger partial charge >= 0.3 is 12.1 Å². The first-order chi connectivity index (χ1) is 9.31. The van der Waals surface area contributed by atoms with E-state index in [1.807, 2.05) is 30.3 Å². The minimum atomic E-state index is -1.01. The summed E-state index contributed by atoms with van der Waals surface area (Å²) in [6.45, 7) is 5.49. The number of ether oxygens (including phenoxy) is 2. The standard InChI is InChI=1S/C15H19NO4/c1-14(2,3)20-13(18)16-15(10-19-12(15)17)9-11-7-5-4-6-8-11/h4-8H,9-10H2,1-3H3,(H,16,18)/t15-/m0/s1. The van der Waals surface area contributed by atoms with Gasteiger partial charge in [0, 0.05) is 6.42 Å². The molecule has 5 heteroatoms. The van der Waals surface area contributed by atoms with Gasteiger partial charge in [-0.25, -0.2) is 9.59 Å². The van der Waals surface area contributed by atoms with Crippen molar-refractivity contribution in [1.29, 1.82) is 0 Å². The number of alkyl carbamates (subject to hydrolysis) is 1. The molecule has 1 aliphatic rings. The van der Waals surface area contributed by atoms with Crippen LogP contribution in [0.4, 0.5) is 4.79 Å². The molecule has 1 fully saturated rings. The Bertz CT molecular complexity index is 506. The van der Waals surface area contributed by atoms with E-state index in [1.54, 1.807) is 20.8 Å². The van der Waals surface area contributed by atoms with Gasteiger partial charge in [0.05, 0.1) is 0 Å². The van der Waals surface area contributed by atoms with Crippen LogP contribution in [-0.4, -0.2) is 29.8 Å². The Labute approximate surface area is 118 Å². The molecule has 5 nitrogen and oxygen atoms in total. The summed E-state index contributed by atoms with van der Waals surface area (Å²) >= 11 is 0. The van der Waals surface area contributed by atoms with Crippen LogP contribution in [0.1, 0.15) is 26.3 Å². The second-order valence-corrected chi connectivity index (χ2v) is 5.95. The van der Waals surface area contributed by atoms with Crippen molar-refractivity contribution in [3.05, 3.63) is 35.9 Å². The number of benzene rings is 1. The first-order valence-electron chi connectivity index (χ1n) is 6.53. The molecule has 0 aromatic heterocycles. The number of carbonyl (C=O) groups is 2. The summed E-state index contributed by atoms with van der Waals surface area (Å²) in [4.78, 5) is 23.6. The summed E-state index contributed by atoms with van der Waals surface area (Å²) in [7, 11) is 0. The zero-order chi connectivity index (χ0) is 14.8. The third kappa shape index (κ3) is 3.29. The second kappa shape index (κ2) is 5.15. The van der Waals surface area contributed by atoms with Crippen molar-refractivity contribution in [3.63, 3.8) is 0 Å². The number of esters is 1. The molecule has 108 valence electrons. The number of cyclic esters (lactones) is 1. The molecule has 2 rings (SSSR count). The van der Waals surface area contributed by atoms with E-state index in [0.29, 0.717) is 6.42 Å². The maximum Gasteiger partial charge on any atom is 0.408 e. The molecule has 1 atom stereocenters. The van der Waals surface area contributed by atoms with Crippen molar-refractivity contribution >= 4 is 12.1 Å². The molecule has 1 aromatic carbocycles. The summed E-state index contributed by atoms with van der Waals surface area (Å²) in [5, 5.41) is 2.65. The molecule has 1 saturated heterocycles. The van der Waals surface area contributed by atoms with Crippen molar-refractivity contribution < 1.29 is 19.1 Å². The Morgan fingerprint density at radius 2 is 2.00 bits per heavy atom. The van der Waals surface area contributed by atoms with E-state index in [2.05, 4.69) is 5.32 Å². The lowest BCUT2D eigenvalue weighted by Crippen LogP contribution is -2.67. The number of nitrogens with one attached hydrogen (secondary N) is 1. The molecule has 0 saturated carbocycles. The van der Waals surface area contributed by atoms with Crippen LogP contribution in [-0.2, 0) is 20.7 Å². The van der Waals surface area contributed by atoms with Crippen molar-refractivity contribution in [2.45, 2.75) is 38.3 Å². The smallest absolute Gasteiger partial charge is 0.408 e. The average molecular weight is 277 g/mol. The van der Waals surface area contributed by atoms with Gasteiger partial charge in [0.1, 0.15) is 12.2 Å². The topological polar surface area (TPSA) is 64.6 Å². The third-order valence-electron chi connectivity index (χ3n) is 2.93. The lowest BCUT2D eigenvalue weighted by molar-refractivity contribution is -0.175. The Morgan fingerprint density at radius 1 is 1.35 bits per heavy atom. The lowest BCUT2D eigenvalue weighted by Gasteiger charge is -2.39. The van der Waals surface area contributed by atoms with Crippen LogP contribution >= 0.6 is 0 Å². The molecule has 1 heterocycles. The Morgan fingerprint density at radius 3 is 2.45 bits per heavy atom. The van der Waals surface area contributed by atoms with Gasteiger partial charge < -0.3 is 14.8 Å². The molecular formula is C15H19NO4. The van der Waals surface area contributed by atoms with E-state index in [9.17, 15) is 9.59 Å². The van der Waals surface area contributed by atoms with Gasteiger partial charge in [-0.2, -0.15) is 0 Å². The van der Waals surface area contributed by atoms with E-state index in [0.717, 1.165) is 5.56 Å². The normalized spacial score (nSPS) is 21.6. The van der Waals surface area contributed by atoms with Gasteiger partial charge in [0.25, 0.3) is 0 Å². The predicted molar refractivity (Wildman–Crippen MR) is 73.2 cm³/mol. The lowest BCUT2D eigenvalue weighted by atomic mass is 9.88. The van der Waals surface area contributed by atoms with Gasteiger partial charge in [-0.15, -0.1) is 0 Å². The zero-order valence-electron chi connectivity index (χ0n) is 11.9. The van der Waals surface area contributed by atoms with Gasteiger partial charge in [-0.05, 0) is 26.3 Å². The second-order valence-electron chi connectivity index (χ2n) is 5.95. The minimum absolute atomic E-state index is 0.167. The molecule has 1 aliphatic heterocycles. The fraction of sp³-hybridized carbons (Fsp3) is 0.467. The van der Waals surface area contributed by atoms with Crippen molar-refractivity contribution in [2.75, 3.05) is 6.61 Å².